The van der Waals surface area contributed by atoms with Crippen LogP contribution in [0.5, 0.6) is 0 Å². The molecule has 2 aliphatic rings. The fourth-order valence-electron chi connectivity index (χ4n) is 3.57. The van der Waals surface area contributed by atoms with Gasteiger partial charge in [-0.1, -0.05) is 13.3 Å². The predicted molar refractivity (Wildman–Crippen MR) is 69.6 cm³/mol. The molecule has 2 rings (SSSR count). The van der Waals surface area contributed by atoms with Gasteiger partial charge < -0.3 is 10.2 Å². The molecule has 1 N–H and O–H groups in total. The second kappa shape index (κ2) is 6.02. The molecular formula is C14H28N2. The van der Waals surface area contributed by atoms with Crippen LogP contribution in [0, 0.1) is 11.8 Å². The molecule has 1 saturated carbocycles. The van der Waals surface area contributed by atoms with Crippen molar-refractivity contribution in [2.45, 2.75) is 51.5 Å². The number of hydrogen-bond donors (Lipinski definition) is 1. The van der Waals surface area contributed by atoms with Gasteiger partial charge in [0, 0.05) is 12.6 Å². The van der Waals surface area contributed by atoms with Crippen LogP contribution in [0.15, 0.2) is 0 Å². The van der Waals surface area contributed by atoms with Crippen LogP contribution < -0.4 is 5.32 Å². The lowest BCUT2D eigenvalue weighted by molar-refractivity contribution is 0.158. The molecule has 94 valence electrons. The van der Waals surface area contributed by atoms with Crippen molar-refractivity contribution in [3.05, 3.63) is 0 Å². The zero-order valence-corrected chi connectivity index (χ0v) is 11.0. The van der Waals surface area contributed by atoms with Crippen LogP contribution in [-0.2, 0) is 0 Å². The van der Waals surface area contributed by atoms with Gasteiger partial charge in [0.05, 0.1) is 0 Å². The van der Waals surface area contributed by atoms with Crippen molar-refractivity contribution in [2.75, 3.05) is 26.7 Å². The molecule has 0 aromatic carbocycles. The van der Waals surface area contributed by atoms with Crippen molar-refractivity contribution in [1.82, 2.24) is 10.2 Å². The van der Waals surface area contributed by atoms with E-state index in [2.05, 4.69) is 24.2 Å². The van der Waals surface area contributed by atoms with Crippen molar-refractivity contribution in [3.63, 3.8) is 0 Å². The van der Waals surface area contributed by atoms with Gasteiger partial charge in [-0.15, -0.1) is 0 Å². The topological polar surface area (TPSA) is 15.3 Å². The molecule has 16 heavy (non-hydrogen) atoms. The highest BCUT2D eigenvalue weighted by Gasteiger charge is 2.30. The largest absolute Gasteiger partial charge is 0.319 e. The summed E-state index contributed by atoms with van der Waals surface area (Å²) in [6, 6.07) is 0.921. The molecule has 0 aromatic heterocycles. The van der Waals surface area contributed by atoms with Gasteiger partial charge in [0.2, 0.25) is 0 Å². The first-order valence-corrected chi connectivity index (χ1v) is 7.22. The monoisotopic (exact) mass is 224 g/mol. The van der Waals surface area contributed by atoms with Crippen LogP contribution in [0.2, 0.25) is 0 Å². The molecule has 1 aliphatic carbocycles. The lowest BCUT2D eigenvalue weighted by Gasteiger charge is -2.34. The third-order valence-corrected chi connectivity index (χ3v) is 4.72. The highest BCUT2D eigenvalue weighted by molar-refractivity contribution is 4.85. The molecule has 0 bridgehead atoms. The summed E-state index contributed by atoms with van der Waals surface area (Å²) in [5, 5.41) is 3.32. The Morgan fingerprint density at radius 1 is 1.06 bits per heavy atom. The zero-order valence-electron chi connectivity index (χ0n) is 11.0. The van der Waals surface area contributed by atoms with Crippen LogP contribution in [0.25, 0.3) is 0 Å². The number of nitrogens with one attached hydrogen (secondary N) is 1. The first-order valence-electron chi connectivity index (χ1n) is 7.22. The lowest BCUT2D eigenvalue weighted by atomic mass is 9.84. The fourth-order valence-corrected chi connectivity index (χ4v) is 3.57. The molecule has 1 saturated heterocycles. The molecule has 2 fully saturated rings. The Kier molecular flexibility index (Phi) is 4.66. The Morgan fingerprint density at radius 3 is 2.44 bits per heavy atom. The first kappa shape index (κ1) is 12.4. The summed E-state index contributed by atoms with van der Waals surface area (Å²) in [5.41, 5.74) is 0. The Labute approximate surface area is 101 Å². The molecular weight excluding hydrogens is 196 g/mol. The molecule has 1 aliphatic heterocycles. The van der Waals surface area contributed by atoms with Crippen molar-refractivity contribution in [3.8, 4) is 0 Å². The average molecular weight is 224 g/mol. The Bertz CT molecular complexity index is 197. The van der Waals surface area contributed by atoms with Crippen LogP contribution in [-0.4, -0.2) is 37.6 Å². The molecule has 0 spiro atoms. The van der Waals surface area contributed by atoms with Gasteiger partial charge >= 0.3 is 0 Å². The summed E-state index contributed by atoms with van der Waals surface area (Å²) in [4.78, 5) is 2.77. The maximum absolute atomic E-state index is 3.32. The Balaban J connectivity index is 1.73. The van der Waals surface area contributed by atoms with Gasteiger partial charge in [-0.2, -0.15) is 0 Å². The minimum absolute atomic E-state index is 0.911. The van der Waals surface area contributed by atoms with Crippen LogP contribution in [0.1, 0.15) is 45.4 Å². The van der Waals surface area contributed by atoms with E-state index in [0.29, 0.717) is 0 Å². The number of rotatable bonds is 4. The molecule has 1 atom stereocenters. The number of likely N-dealkylation sites (tertiary alicyclic amines) is 1. The van der Waals surface area contributed by atoms with E-state index in [1.807, 2.05) is 0 Å². The maximum atomic E-state index is 3.32. The van der Waals surface area contributed by atoms with E-state index >= 15 is 0 Å². The quantitative estimate of drug-likeness (QED) is 0.789. The summed E-state index contributed by atoms with van der Waals surface area (Å²) in [6.07, 6.45) is 8.70. The third kappa shape index (κ3) is 2.98. The van der Waals surface area contributed by atoms with Crippen molar-refractivity contribution in [2.24, 2.45) is 11.8 Å². The SMILES string of the molecule is CCC1CCC(N2CCC(CNC)C2)CC1. The molecule has 0 aromatic rings. The van der Waals surface area contributed by atoms with Crippen molar-refractivity contribution in [1.29, 1.82) is 0 Å². The van der Waals surface area contributed by atoms with E-state index in [4.69, 9.17) is 0 Å². The summed E-state index contributed by atoms with van der Waals surface area (Å²) >= 11 is 0. The van der Waals surface area contributed by atoms with Gasteiger partial charge in [-0.25, -0.2) is 0 Å². The maximum Gasteiger partial charge on any atom is 0.00955 e. The van der Waals surface area contributed by atoms with E-state index in [0.717, 1.165) is 17.9 Å². The van der Waals surface area contributed by atoms with E-state index < -0.39 is 0 Å². The Morgan fingerprint density at radius 2 is 1.81 bits per heavy atom. The van der Waals surface area contributed by atoms with Crippen LogP contribution in [0.3, 0.4) is 0 Å². The number of nitrogens with zero attached hydrogens (tertiary/aromatic N) is 1. The smallest absolute Gasteiger partial charge is 0.00955 e. The molecule has 1 heterocycles. The Hall–Kier alpha value is -0.0800. The van der Waals surface area contributed by atoms with E-state index in [1.54, 1.807) is 0 Å². The van der Waals surface area contributed by atoms with E-state index in [1.165, 1.54) is 58.2 Å². The standard InChI is InChI=1S/C14H28N2/c1-3-12-4-6-14(7-5-12)16-9-8-13(11-16)10-15-2/h12-15H,3-11H2,1-2H3. The second-order valence-corrected chi connectivity index (χ2v) is 5.79. The normalized spacial score (nSPS) is 36.8. The van der Waals surface area contributed by atoms with Gasteiger partial charge in [0.25, 0.3) is 0 Å². The summed E-state index contributed by atoms with van der Waals surface area (Å²) in [7, 11) is 2.08. The molecule has 1 unspecified atom stereocenters. The summed E-state index contributed by atoms with van der Waals surface area (Å²) in [5.74, 6) is 1.95. The van der Waals surface area contributed by atoms with Crippen molar-refractivity contribution < 1.29 is 0 Å². The van der Waals surface area contributed by atoms with Gasteiger partial charge in [0.15, 0.2) is 0 Å². The summed E-state index contributed by atoms with van der Waals surface area (Å²) in [6.45, 7) is 6.26. The molecule has 2 heteroatoms. The molecule has 2 nitrogen and oxygen atoms in total. The van der Waals surface area contributed by atoms with Crippen LogP contribution >= 0.6 is 0 Å². The second-order valence-electron chi connectivity index (χ2n) is 5.79. The first-order chi connectivity index (χ1) is 7.83. The lowest BCUT2D eigenvalue weighted by Crippen LogP contribution is -2.37. The molecule has 0 radical (unpaired) electrons. The highest BCUT2D eigenvalue weighted by atomic mass is 15.2. The van der Waals surface area contributed by atoms with E-state index in [-0.39, 0.29) is 0 Å². The zero-order chi connectivity index (χ0) is 11.4. The summed E-state index contributed by atoms with van der Waals surface area (Å²) < 4.78 is 0. The average Bonchev–Trinajstić information content (AvgIpc) is 2.78. The van der Waals surface area contributed by atoms with Gasteiger partial charge in [-0.05, 0) is 64.1 Å². The predicted octanol–water partition coefficient (Wildman–Crippen LogP) is 2.50. The third-order valence-electron chi connectivity index (χ3n) is 4.72. The van der Waals surface area contributed by atoms with Gasteiger partial charge in [-0.3, -0.25) is 0 Å². The van der Waals surface area contributed by atoms with Gasteiger partial charge in [0.1, 0.15) is 0 Å². The van der Waals surface area contributed by atoms with E-state index in [9.17, 15) is 0 Å². The molecule has 0 amide bonds. The highest BCUT2D eigenvalue weighted by Crippen LogP contribution is 2.31. The number of hydrogen-bond acceptors (Lipinski definition) is 2. The fraction of sp³-hybridized carbons (Fsp3) is 1.00. The minimum Gasteiger partial charge on any atom is -0.319 e. The van der Waals surface area contributed by atoms with Crippen molar-refractivity contribution >= 4 is 0 Å². The van der Waals surface area contributed by atoms with Crippen LogP contribution in [0.4, 0.5) is 0 Å². The minimum atomic E-state index is 0.911.